The van der Waals surface area contributed by atoms with E-state index in [1.165, 1.54) is 0 Å². The minimum atomic E-state index is -0.259. The van der Waals surface area contributed by atoms with Crippen molar-refractivity contribution in [1.29, 1.82) is 5.26 Å². The van der Waals surface area contributed by atoms with Crippen molar-refractivity contribution in [3.05, 3.63) is 35.9 Å². The predicted octanol–water partition coefficient (Wildman–Crippen LogP) is 3.13. The number of fused-ring (bicyclic) bond motifs is 2. The van der Waals surface area contributed by atoms with E-state index in [4.69, 9.17) is 19.2 Å². The smallest absolute Gasteiger partial charge is 0.229 e. The largest absolute Gasteiger partial charge is 0.484 e. The average molecular weight is 420 g/mol. The zero-order chi connectivity index (χ0) is 21.6. The van der Waals surface area contributed by atoms with Crippen LogP contribution < -0.4 is 10.1 Å². The van der Waals surface area contributed by atoms with Gasteiger partial charge < -0.3 is 24.1 Å². The normalized spacial score (nSPS) is 22.0. The number of pyridine rings is 1. The second-order valence-corrected chi connectivity index (χ2v) is 8.48. The van der Waals surface area contributed by atoms with E-state index >= 15 is 0 Å². The summed E-state index contributed by atoms with van der Waals surface area (Å²) in [4.78, 5) is 13.7. The summed E-state index contributed by atoms with van der Waals surface area (Å²) in [6.45, 7) is 5.09. The molecule has 2 aliphatic rings. The number of aryl methyl sites for hydroxylation is 1. The number of nitriles is 1. The zero-order valence-electron chi connectivity index (χ0n) is 17.8. The molecule has 0 saturated carbocycles. The Balaban J connectivity index is 1.55. The second-order valence-electron chi connectivity index (χ2n) is 8.48. The Hall–Kier alpha value is -3.22. The Morgan fingerprint density at radius 2 is 2.19 bits per heavy atom. The molecule has 2 atom stereocenters. The molecule has 3 aromatic heterocycles. The van der Waals surface area contributed by atoms with Gasteiger partial charge in [-0.1, -0.05) is 0 Å². The summed E-state index contributed by atoms with van der Waals surface area (Å²) in [6, 6.07) is 5.79. The number of hydrogen-bond acceptors (Lipinski definition) is 8. The zero-order valence-corrected chi connectivity index (χ0v) is 17.8. The van der Waals surface area contributed by atoms with E-state index in [0.717, 1.165) is 35.4 Å². The van der Waals surface area contributed by atoms with Gasteiger partial charge in [-0.3, -0.25) is 4.98 Å². The monoisotopic (exact) mass is 420 g/mol. The lowest BCUT2D eigenvalue weighted by Crippen LogP contribution is -2.33. The Morgan fingerprint density at radius 3 is 3.00 bits per heavy atom. The summed E-state index contributed by atoms with van der Waals surface area (Å²) in [5.41, 5.74) is 2.60. The molecule has 0 radical (unpaired) electrons. The number of rotatable bonds is 4. The highest BCUT2D eigenvalue weighted by molar-refractivity contribution is 5.80. The van der Waals surface area contributed by atoms with Crippen LogP contribution in [0.3, 0.4) is 0 Å². The Labute approximate surface area is 180 Å². The summed E-state index contributed by atoms with van der Waals surface area (Å²) >= 11 is 0. The van der Waals surface area contributed by atoms with Gasteiger partial charge in [0.05, 0.1) is 30.6 Å². The van der Waals surface area contributed by atoms with Crippen molar-refractivity contribution in [2.24, 2.45) is 0 Å². The lowest BCUT2D eigenvalue weighted by molar-refractivity contribution is 0.0690. The van der Waals surface area contributed by atoms with Crippen LogP contribution in [0.2, 0.25) is 0 Å². The molecule has 0 spiro atoms. The van der Waals surface area contributed by atoms with Crippen LogP contribution in [0.1, 0.15) is 37.7 Å². The van der Waals surface area contributed by atoms with Crippen LogP contribution in [0.5, 0.6) is 5.75 Å². The van der Waals surface area contributed by atoms with Crippen molar-refractivity contribution in [3.8, 4) is 11.8 Å². The number of aromatic nitrogens is 4. The molecular weight excluding hydrogens is 396 g/mol. The molecule has 3 aromatic rings. The van der Waals surface area contributed by atoms with Crippen LogP contribution in [0.15, 0.2) is 24.5 Å². The van der Waals surface area contributed by atoms with Gasteiger partial charge in [-0.05, 0) is 38.8 Å². The van der Waals surface area contributed by atoms with Crippen LogP contribution in [-0.4, -0.2) is 51.5 Å². The van der Waals surface area contributed by atoms with E-state index < -0.39 is 0 Å². The minimum absolute atomic E-state index is 0.127. The topological polar surface area (TPSA) is 107 Å². The summed E-state index contributed by atoms with van der Waals surface area (Å²) in [7, 11) is 1.65. The van der Waals surface area contributed by atoms with Gasteiger partial charge in [0.25, 0.3) is 0 Å². The molecule has 9 nitrogen and oxygen atoms in total. The highest BCUT2D eigenvalue weighted by atomic mass is 16.5. The molecule has 1 N–H and O–H groups in total. The van der Waals surface area contributed by atoms with Gasteiger partial charge in [0.15, 0.2) is 5.75 Å². The molecule has 160 valence electrons. The molecule has 0 amide bonds. The fraction of sp³-hybridized carbons (Fsp3) is 0.455. The fourth-order valence-electron chi connectivity index (χ4n) is 4.23. The van der Waals surface area contributed by atoms with Gasteiger partial charge in [0.1, 0.15) is 29.1 Å². The third kappa shape index (κ3) is 3.48. The summed E-state index contributed by atoms with van der Waals surface area (Å²) in [5, 5.41) is 13.8. The van der Waals surface area contributed by atoms with Crippen LogP contribution in [0, 0.1) is 11.3 Å². The Morgan fingerprint density at radius 1 is 1.32 bits per heavy atom. The third-order valence-corrected chi connectivity index (χ3v) is 5.89. The van der Waals surface area contributed by atoms with Crippen molar-refractivity contribution in [2.75, 3.05) is 25.6 Å². The number of methoxy groups -OCH3 is 1. The van der Waals surface area contributed by atoms with Crippen molar-refractivity contribution in [1.82, 2.24) is 19.5 Å². The predicted molar refractivity (Wildman–Crippen MR) is 113 cm³/mol. The van der Waals surface area contributed by atoms with Crippen molar-refractivity contribution in [3.63, 3.8) is 0 Å². The highest BCUT2D eigenvalue weighted by Gasteiger charge is 2.33. The average Bonchev–Trinajstić information content (AvgIpc) is 3.36. The fourth-order valence-corrected chi connectivity index (χ4v) is 4.23. The van der Waals surface area contributed by atoms with Gasteiger partial charge in [0, 0.05) is 24.9 Å². The molecule has 0 aliphatic carbocycles. The molecule has 1 saturated heterocycles. The first-order valence-corrected chi connectivity index (χ1v) is 10.3. The number of nitrogens with zero attached hydrogens (tertiary/aromatic N) is 5. The molecular formula is C22H24N6O3. The van der Waals surface area contributed by atoms with Crippen LogP contribution in [-0.2, 0) is 15.9 Å². The van der Waals surface area contributed by atoms with Crippen molar-refractivity contribution >= 4 is 22.7 Å². The maximum absolute atomic E-state index is 9.69. The molecule has 1 fully saturated rings. The third-order valence-electron chi connectivity index (χ3n) is 5.89. The highest BCUT2D eigenvalue weighted by Crippen LogP contribution is 2.38. The molecule has 0 bridgehead atoms. The van der Waals surface area contributed by atoms with Gasteiger partial charge >= 0.3 is 0 Å². The van der Waals surface area contributed by atoms with Gasteiger partial charge in [0.2, 0.25) is 5.95 Å². The summed E-state index contributed by atoms with van der Waals surface area (Å²) in [5.74, 6) is 1.16. The van der Waals surface area contributed by atoms with E-state index in [1.807, 2.05) is 10.6 Å². The van der Waals surface area contributed by atoms with Crippen LogP contribution >= 0.6 is 0 Å². The summed E-state index contributed by atoms with van der Waals surface area (Å²) < 4.78 is 19.3. The maximum atomic E-state index is 9.69. The lowest BCUT2D eigenvalue weighted by atomic mass is 9.97. The number of anilines is 2. The number of hydrogen-bond donors (Lipinski definition) is 1. The van der Waals surface area contributed by atoms with E-state index in [2.05, 4.69) is 35.2 Å². The van der Waals surface area contributed by atoms with Gasteiger partial charge in [-0.15, -0.1) is 0 Å². The first kappa shape index (κ1) is 19.7. The molecule has 2 aliphatic heterocycles. The van der Waals surface area contributed by atoms with Gasteiger partial charge in [-0.25, -0.2) is 4.98 Å². The van der Waals surface area contributed by atoms with E-state index in [0.29, 0.717) is 30.5 Å². The molecule has 31 heavy (non-hydrogen) atoms. The van der Waals surface area contributed by atoms with Gasteiger partial charge in [-0.2, -0.15) is 10.2 Å². The molecule has 0 unspecified atom stereocenters. The number of ether oxygens (including phenoxy) is 3. The van der Waals surface area contributed by atoms with Crippen LogP contribution in [0.4, 0.5) is 11.6 Å². The van der Waals surface area contributed by atoms with E-state index in [9.17, 15) is 5.26 Å². The molecule has 9 heteroatoms. The molecule has 5 heterocycles. The quantitative estimate of drug-likeness (QED) is 0.686. The Bertz CT molecular complexity index is 1180. The van der Waals surface area contributed by atoms with E-state index in [-0.39, 0.29) is 17.7 Å². The first-order chi connectivity index (χ1) is 15.0. The Kier molecular flexibility index (Phi) is 4.76. The van der Waals surface area contributed by atoms with Crippen LogP contribution in [0.25, 0.3) is 11.0 Å². The summed E-state index contributed by atoms with van der Waals surface area (Å²) in [6.07, 6.45) is 5.10. The molecule has 5 rings (SSSR count). The SMILES string of the molecule is CO[C@H]1COC[C@H]1n1c(C#N)cc2cnc(Nc3ccnc4c3OC(C)(C)CC4)nc21. The van der Waals surface area contributed by atoms with Crippen molar-refractivity contribution < 1.29 is 14.2 Å². The lowest BCUT2D eigenvalue weighted by Gasteiger charge is -2.33. The van der Waals surface area contributed by atoms with Crippen molar-refractivity contribution in [2.45, 2.75) is 44.4 Å². The number of nitrogens with one attached hydrogen (secondary N) is 1. The minimum Gasteiger partial charge on any atom is -0.484 e. The first-order valence-electron chi connectivity index (χ1n) is 10.3. The maximum Gasteiger partial charge on any atom is 0.229 e. The van der Waals surface area contributed by atoms with E-state index in [1.54, 1.807) is 25.6 Å². The molecule has 0 aromatic carbocycles. The standard InChI is InChI=1S/C22H24N6O3/c1-22(2)6-4-15-19(31-22)16(5-7-24-15)26-21-25-10-13-8-14(9-23)28(20(13)27-21)17-11-30-12-18(17)29-3/h5,7-8,10,17-18H,4,6,11-12H2,1-3H3,(H,24,25,26,27)/t17-,18+/m1/s1. The second kappa shape index (κ2) is 7.48.